The third kappa shape index (κ3) is 8.55. The summed E-state index contributed by atoms with van der Waals surface area (Å²) in [4.78, 5) is 25.3. The molecule has 0 aliphatic heterocycles. The molecule has 3 aromatic carbocycles. The third-order valence-electron chi connectivity index (χ3n) is 5.46. The number of carbonyl (C=O) groups excluding carboxylic acids is 2. The molecular weight excluding hydrogens is 659 g/mol. The van der Waals surface area contributed by atoms with E-state index in [4.69, 9.17) is 32.7 Å². The van der Waals surface area contributed by atoms with Crippen molar-refractivity contribution in [2.75, 3.05) is 6.61 Å². The Balaban J connectivity index is 1.70. The van der Waals surface area contributed by atoms with Gasteiger partial charge in [-0.1, -0.05) is 55.2 Å². The van der Waals surface area contributed by atoms with Crippen LogP contribution in [0.15, 0.2) is 59.7 Å². The van der Waals surface area contributed by atoms with E-state index in [9.17, 15) is 14.0 Å². The zero-order chi connectivity index (χ0) is 28.5. The number of nitrogens with one attached hydrogen (secondary N) is 2. The molecule has 39 heavy (non-hydrogen) atoms. The highest BCUT2D eigenvalue weighted by molar-refractivity contribution is 14.1. The average molecular weight is 686 g/mol. The van der Waals surface area contributed by atoms with Gasteiger partial charge in [0.1, 0.15) is 18.5 Å². The maximum Gasteiger partial charge on any atom is 0.262 e. The van der Waals surface area contributed by atoms with Crippen LogP contribution in [-0.4, -0.2) is 30.7 Å². The first-order valence-corrected chi connectivity index (χ1v) is 13.9. The molecule has 0 saturated heterocycles. The zero-order valence-electron chi connectivity index (χ0n) is 21.4. The Morgan fingerprint density at radius 3 is 2.51 bits per heavy atom. The molecule has 3 rings (SSSR count). The molecule has 0 spiro atoms. The Bertz CT molecular complexity index is 1370. The minimum atomic E-state index is -0.927. The minimum Gasteiger partial charge on any atom is -0.490 e. The van der Waals surface area contributed by atoms with Gasteiger partial charge in [-0.05, 0) is 77.4 Å². The number of hydrazone groups is 1. The smallest absolute Gasteiger partial charge is 0.262 e. The first kappa shape index (κ1) is 30.6. The van der Waals surface area contributed by atoms with Gasteiger partial charge in [0.2, 0.25) is 0 Å². The molecule has 206 valence electrons. The topological polar surface area (TPSA) is 89.0 Å². The van der Waals surface area contributed by atoms with E-state index in [2.05, 4.69) is 38.4 Å². The standard InChI is InChI=1S/C28H27Cl2FIN3O4/c1-4-38-24-12-17(11-23(32)26(24)39-15-18-9-10-19(29)13-21(18)30)14-33-35-28(37)25(16(2)3)34-27(36)20-7-5-6-8-22(20)31/h5-14,16,25H,4,15H2,1-3H3,(H,34,36)(H,35,37)/b33-14+. The van der Waals surface area contributed by atoms with Gasteiger partial charge in [-0.2, -0.15) is 5.10 Å². The van der Waals surface area contributed by atoms with Gasteiger partial charge in [-0.3, -0.25) is 9.59 Å². The zero-order valence-corrected chi connectivity index (χ0v) is 25.1. The van der Waals surface area contributed by atoms with E-state index >= 15 is 0 Å². The van der Waals surface area contributed by atoms with Crippen LogP contribution in [0.2, 0.25) is 10.0 Å². The number of hydrogen-bond acceptors (Lipinski definition) is 5. The fourth-order valence-electron chi connectivity index (χ4n) is 3.49. The Morgan fingerprint density at radius 2 is 1.85 bits per heavy atom. The SMILES string of the molecule is CCOc1cc(/C=N/NC(=O)C(NC(=O)c2ccccc2F)C(C)C)cc(I)c1OCc1ccc(Cl)cc1Cl. The van der Waals surface area contributed by atoms with Crippen molar-refractivity contribution in [1.29, 1.82) is 0 Å². The molecule has 11 heteroatoms. The van der Waals surface area contributed by atoms with Crippen molar-refractivity contribution < 1.29 is 23.5 Å². The lowest BCUT2D eigenvalue weighted by atomic mass is 10.0. The van der Waals surface area contributed by atoms with Crippen molar-refractivity contribution in [3.8, 4) is 11.5 Å². The lowest BCUT2D eigenvalue weighted by Crippen LogP contribution is -2.48. The van der Waals surface area contributed by atoms with E-state index in [1.54, 1.807) is 44.2 Å². The van der Waals surface area contributed by atoms with E-state index < -0.39 is 23.7 Å². The molecule has 0 radical (unpaired) electrons. The Kier molecular flexibility index (Phi) is 11.4. The van der Waals surface area contributed by atoms with Gasteiger partial charge in [0.05, 0.1) is 22.0 Å². The second-order valence-electron chi connectivity index (χ2n) is 8.70. The van der Waals surface area contributed by atoms with E-state index in [-0.39, 0.29) is 18.1 Å². The highest BCUT2D eigenvalue weighted by Gasteiger charge is 2.25. The maximum absolute atomic E-state index is 14.0. The second-order valence-corrected chi connectivity index (χ2v) is 10.7. The predicted octanol–water partition coefficient (Wildman–Crippen LogP) is 6.62. The number of rotatable bonds is 11. The monoisotopic (exact) mass is 685 g/mol. The number of nitrogens with zero attached hydrogens (tertiary/aromatic N) is 1. The molecule has 7 nitrogen and oxygen atoms in total. The third-order valence-corrected chi connectivity index (χ3v) is 6.85. The van der Waals surface area contributed by atoms with Gasteiger partial charge >= 0.3 is 0 Å². The summed E-state index contributed by atoms with van der Waals surface area (Å²) in [5, 5.41) is 7.67. The van der Waals surface area contributed by atoms with E-state index in [1.807, 2.05) is 13.0 Å². The fraction of sp³-hybridized carbons (Fsp3) is 0.250. The van der Waals surface area contributed by atoms with Crippen LogP contribution in [0.3, 0.4) is 0 Å². The van der Waals surface area contributed by atoms with Gasteiger partial charge in [0.15, 0.2) is 11.5 Å². The Hall–Kier alpha value is -2.89. The molecule has 0 heterocycles. The van der Waals surface area contributed by atoms with Crippen molar-refractivity contribution in [2.24, 2.45) is 11.0 Å². The molecule has 0 fully saturated rings. The molecule has 1 atom stereocenters. The maximum atomic E-state index is 14.0. The van der Waals surface area contributed by atoms with Crippen LogP contribution in [0.4, 0.5) is 4.39 Å². The highest BCUT2D eigenvalue weighted by Crippen LogP contribution is 2.35. The van der Waals surface area contributed by atoms with E-state index in [0.717, 1.165) is 9.13 Å². The fourth-order valence-corrected chi connectivity index (χ4v) is 4.74. The van der Waals surface area contributed by atoms with Crippen molar-refractivity contribution in [2.45, 2.75) is 33.4 Å². The number of carbonyl (C=O) groups is 2. The summed E-state index contributed by atoms with van der Waals surface area (Å²) >= 11 is 14.4. The quantitative estimate of drug-likeness (QED) is 0.135. The van der Waals surface area contributed by atoms with Gasteiger partial charge in [0.25, 0.3) is 11.8 Å². The predicted molar refractivity (Wildman–Crippen MR) is 159 cm³/mol. The summed E-state index contributed by atoms with van der Waals surface area (Å²) in [6, 6.07) is 13.4. The van der Waals surface area contributed by atoms with Crippen molar-refractivity contribution in [3.05, 3.63) is 90.7 Å². The largest absolute Gasteiger partial charge is 0.490 e. The van der Waals surface area contributed by atoms with Gasteiger partial charge < -0.3 is 14.8 Å². The van der Waals surface area contributed by atoms with Crippen LogP contribution in [0.25, 0.3) is 0 Å². The number of benzene rings is 3. The molecule has 3 aromatic rings. The number of halogens is 4. The molecular formula is C28H27Cl2FIN3O4. The number of ether oxygens (including phenoxy) is 2. The van der Waals surface area contributed by atoms with E-state index in [0.29, 0.717) is 33.7 Å². The van der Waals surface area contributed by atoms with Crippen LogP contribution < -0.4 is 20.2 Å². The van der Waals surface area contributed by atoms with Gasteiger partial charge in [-0.25, -0.2) is 9.82 Å². The number of amides is 2. The van der Waals surface area contributed by atoms with Crippen LogP contribution in [0, 0.1) is 15.3 Å². The summed E-state index contributed by atoms with van der Waals surface area (Å²) in [6.45, 7) is 6.01. The molecule has 0 aromatic heterocycles. The molecule has 2 N–H and O–H groups in total. The second kappa shape index (κ2) is 14.5. The molecule has 0 bridgehead atoms. The summed E-state index contributed by atoms with van der Waals surface area (Å²) in [5.74, 6) is -1.12. The van der Waals surface area contributed by atoms with Gasteiger partial charge in [0, 0.05) is 15.6 Å². The minimum absolute atomic E-state index is 0.141. The lowest BCUT2D eigenvalue weighted by Gasteiger charge is -2.20. The molecule has 1 unspecified atom stereocenters. The first-order valence-electron chi connectivity index (χ1n) is 12.0. The number of hydrogen-bond donors (Lipinski definition) is 2. The van der Waals surface area contributed by atoms with Crippen LogP contribution in [0.1, 0.15) is 42.3 Å². The Labute approximate surface area is 250 Å². The summed E-state index contributed by atoms with van der Waals surface area (Å²) < 4.78 is 26.5. The molecule has 0 aliphatic rings. The average Bonchev–Trinajstić information content (AvgIpc) is 2.88. The normalized spacial score (nSPS) is 11.9. The highest BCUT2D eigenvalue weighted by atomic mass is 127. The molecule has 0 aliphatic carbocycles. The summed E-state index contributed by atoms with van der Waals surface area (Å²) in [5.41, 5.74) is 3.73. The van der Waals surface area contributed by atoms with Crippen LogP contribution >= 0.6 is 45.8 Å². The van der Waals surface area contributed by atoms with Crippen molar-refractivity contribution >= 4 is 63.8 Å². The first-order chi connectivity index (χ1) is 18.6. The van der Waals surface area contributed by atoms with Gasteiger partial charge in [-0.15, -0.1) is 0 Å². The lowest BCUT2D eigenvalue weighted by molar-refractivity contribution is -0.123. The van der Waals surface area contributed by atoms with Crippen LogP contribution in [-0.2, 0) is 11.4 Å². The van der Waals surface area contributed by atoms with Crippen molar-refractivity contribution in [1.82, 2.24) is 10.7 Å². The van der Waals surface area contributed by atoms with Crippen molar-refractivity contribution in [3.63, 3.8) is 0 Å². The Morgan fingerprint density at radius 1 is 1.10 bits per heavy atom. The van der Waals surface area contributed by atoms with E-state index in [1.165, 1.54) is 24.4 Å². The summed E-state index contributed by atoms with van der Waals surface area (Å²) in [6.07, 6.45) is 1.46. The molecule has 0 saturated carbocycles. The summed E-state index contributed by atoms with van der Waals surface area (Å²) in [7, 11) is 0. The van der Waals surface area contributed by atoms with Crippen LogP contribution in [0.5, 0.6) is 11.5 Å². The molecule has 2 amide bonds.